The average Bonchev–Trinajstić information content (AvgIpc) is 2.34. The number of carbonyl (C=O) groups is 2. The lowest BCUT2D eigenvalue weighted by atomic mass is 10.2. The number of carbonyl (C=O) groups excluding carboxylic acids is 2. The molecule has 92 valence electrons. The lowest BCUT2D eigenvalue weighted by molar-refractivity contribution is -0.142. The van der Waals surface area contributed by atoms with Crippen LogP contribution in [-0.2, 0) is 14.3 Å². The van der Waals surface area contributed by atoms with E-state index in [9.17, 15) is 14.7 Å². The Hall–Kier alpha value is -2.24. The van der Waals surface area contributed by atoms with Crippen molar-refractivity contribution in [2.75, 3.05) is 20.8 Å². The van der Waals surface area contributed by atoms with E-state index in [1.807, 2.05) is 0 Å². The normalized spacial score (nSPS) is 9.53. The van der Waals surface area contributed by atoms with E-state index in [2.05, 4.69) is 9.47 Å². The summed E-state index contributed by atoms with van der Waals surface area (Å²) < 4.78 is 13.9. The second-order valence-electron chi connectivity index (χ2n) is 3.07. The highest BCUT2D eigenvalue weighted by Crippen LogP contribution is 2.22. The number of phenolic OH excluding ortho intramolecular Hbond substituents is 1. The van der Waals surface area contributed by atoms with Crippen molar-refractivity contribution in [3.05, 3.63) is 23.8 Å². The lowest BCUT2D eigenvalue weighted by Gasteiger charge is -2.07. The van der Waals surface area contributed by atoms with Gasteiger partial charge in [-0.2, -0.15) is 0 Å². The molecule has 0 saturated heterocycles. The molecule has 17 heavy (non-hydrogen) atoms. The Morgan fingerprint density at radius 2 is 1.88 bits per heavy atom. The molecule has 1 N–H and O–H groups in total. The van der Waals surface area contributed by atoms with Gasteiger partial charge in [0.15, 0.2) is 6.61 Å². The second-order valence-corrected chi connectivity index (χ2v) is 3.07. The van der Waals surface area contributed by atoms with Crippen LogP contribution in [0.1, 0.15) is 10.4 Å². The third kappa shape index (κ3) is 3.67. The van der Waals surface area contributed by atoms with Gasteiger partial charge in [0.2, 0.25) is 0 Å². The molecule has 0 unspecified atom stereocenters. The van der Waals surface area contributed by atoms with Gasteiger partial charge in [0.05, 0.1) is 19.8 Å². The number of phenols is 1. The molecule has 0 radical (unpaired) electrons. The largest absolute Gasteiger partial charge is 0.508 e. The topological polar surface area (TPSA) is 82.1 Å². The van der Waals surface area contributed by atoms with E-state index in [-0.39, 0.29) is 23.7 Å². The first-order chi connectivity index (χ1) is 8.06. The molecule has 0 fully saturated rings. The zero-order valence-electron chi connectivity index (χ0n) is 9.43. The van der Waals surface area contributed by atoms with Crippen molar-refractivity contribution >= 4 is 11.9 Å². The number of rotatable bonds is 4. The van der Waals surface area contributed by atoms with Crippen LogP contribution in [0.5, 0.6) is 11.5 Å². The Morgan fingerprint density at radius 3 is 2.47 bits per heavy atom. The molecule has 0 aliphatic heterocycles. The van der Waals surface area contributed by atoms with Crippen LogP contribution in [0.4, 0.5) is 0 Å². The predicted molar refractivity (Wildman–Crippen MR) is 57.0 cm³/mol. The van der Waals surface area contributed by atoms with Crippen LogP contribution in [-0.4, -0.2) is 37.9 Å². The molecule has 0 heterocycles. The second kappa shape index (κ2) is 5.74. The quantitative estimate of drug-likeness (QED) is 0.781. The van der Waals surface area contributed by atoms with Crippen LogP contribution in [0, 0.1) is 0 Å². The summed E-state index contributed by atoms with van der Waals surface area (Å²) in [5.41, 5.74) is 0.132. The molecule has 0 aliphatic carbocycles. The van der Waals surface area contributed by atoms with Crippen LogP contribution in [0.2, 0.25) is 0 Å². The van der Waals surface area contributed by atoms with E-state index in [1.165, 1.54) is 32.4 Å². The summed E-state index contributed by atoms with van der Waals surface area (Å²) in [6, 6.07) is 3.86. The summed E-state index contributed by atoms with van der Waals surface area (Å²) >= 11 is 0. The smallest absolute Gasteiger partial charge is 0.343 e. The lowest BCUT2D eigenvalue weighted by Crippen LogP contribution is -2.12. The Morgan fingerprint density at radius 1 is 1.18 bits per heavy atom. The molecule has 0 aliphatic rings. The summed E-state index contributed by atoms with van der Waals surface area (Å²) in [6.45, 7) is -0.305. The Bertz CT molecular complexity index is 426. The molecule has 0 saturated carbocycles. The van der Waals surface area contributed by atoms with Crippen molar-refractivity contribution in [2.45, 2.75) is 0 Å². The van der Waals surface area contributed by atoms with Crippen LogP contribution in [0.25, 0.3) is 0 Å². The van der Waals surface area contributed by atoms with Crippen LogP contribution < -0.4 is 4.74 Å². The molecule has 0 bridgehead atoms. The molecule has 0 spiro atoms. The van der Waals surface area contributed by atoms with Gasteiger partial charge in [-0.3, -0.25) is 0 Å². The first-order valence-electron chi connectivity index (χ1n) is 4.69. The number of benzene rings is 1. The minimum atomic E-state index is -0.608. The van der Waals surface area contributed by atoms with Gasteiger partial charge in [-0.15, -0.1) is 0 Å². The highest BCUT2D eigenvalue weighted by atomic mass is 16.6. The summed E-state index contributed by atoms with van der Waals surface area (Å²) in [5, 5.41) is 9.36. The van der Waals surface area contributed by atoms with Crippen molar-refractivity contribution < 1.29 is 28.9 Å². The molecule has 0 amide bonds. The Labute approximate surface area is 97.7 Å². The van der Waals surface area contributed by atoms with Gasteiger partial charge < -0.3 is 19.3 Å². The van der Waals surface area contributed by atoms with Gasteiger partial charge in [-0.1, -0.05) is 0 Å². The van der Waals surface area contributed by atoms with E-state index >= 15 is 0 Å². The summed E-state index contributed by atoms with van der Waals surface area (Å²) in [6.07, 6.45) is 0. The maximum absolute atomic E-state index is 11.2. The van der Waals surface area contributed by atoms with Crippen LogP contribution >= 0.6 is 0 Å². The molecule has 6 heteroatoms. The van der Waals surface area contributed by atoms with E-state index in [1.54, 1.807) is 0 Å². The summed E-state index contributed by atoms with van der Waals surface area (Å²) in [5.74, 6) is -1.15. The van der Waals surface area contributed by atoms with Gasteiger partial charge in [0.25, 0.3) is 0 Å². The van der Waals surface area contributed by atoms with Crippen molar-refractivity contribution in [2.24, 2.45) is 0 Å². The van der Waals surface area contributed by atoms with Crippen LogP contribution in [0.3, 0.4) is 0 Å². The molecular weight excluding hydrogens is 228 g/mol. The minimum absolute atomic E-state index is 0.132. The molecular formula is C11H12O6. The molecule has 0 atom stereocenters. The highest BCUT2D eigenvalue weighted by molar-refractivity contribution is 5.90. The standard InChI is InChI=1S/C11H12O6/c1-15-10(13)6-17-9-4-7(11(14)16-2)3-8(12)5-9/h3-5,12H,6H2,1-2H3. The minimum Gasteiger partial charge on any atom is -0.508 e. The molecule has 1 aromatic carbocycles. The first kappa shape index (κ1) is 12.8. The van der Waals surface area contributed by atoms with Gasteiger partial charge in [-0.05, 0) is 12.1 Å². The highest BCUT2D eigenvalue weighted by Gasteiger charge is 2.10. The number of hydrogen-bond donors (Lipinski definition) is 1. The number of ether oxygens (including phenoxy) is 3. The fourth-order valence-corrected chi connectivity index (χ4v) is 1.10. The number of methoxy groups -OCH3 is 2. The first-order valence-corrected chi connectivity index (χ1v) is 4.69. The maximum Gasteiger partial charge on any atom is 0.343 e. The van der Waals surface area contributed by atoms with E-state index in [4.69, 9.17) is 4.74 Å². The third-order valence-electron chi connectivity index (χ3n) is 1.90. The molecule has 0 aromatic heterocycles. The van der Waals surface area contributed by atoms with Crippen molar-refractivity contribution in [1.82, 2.24) is 0 Å². The van der Waals surface area contributed by atoms with Crippen molar-refractivity contribution in [3.8, 4) is 11.5 Å². The van der Waals surface area contributed by atoms with E-state index in [0.717, 1.165) is 0 Å². The molecule has 1 rings (SSSR count). The van der Waals surface area contributed by atoms with Gasteiger partial charge in [0.1, 0.15) is 11.5 Å². The van der Waals surface area contributed by atoms with Crippen molar-refractivity contribution in [1.29, 1.82) is 0 Å². The van der Waals surface area contributed by atoms with E-state index < -0.39 is 11.9 Å². The monoisotopic (exact) mass is 240 g/mol. The molecule has 1 aromatic rings. The van der Waals surface area contributed by atoms with Crippen molar-refractivity contribution in [3.63, 3.8) is 0 Å². The Balaban J connectivity index is 2.82. The average molecular weight is 240 g/mol. The fourth-order valence-electron chi connectivity index (χ4n) is 1.10. The SMILES string of the molecule is COC(=O)COc1cc(O)cc(C(=O)OC)c1. The Kier molecular flexibility index (Phi) is 4.33. The summed E-state index contributed by atoms with van der Waals surface area (Å²) in [7, 11) is 2.45. The third-order valence-corrected chi connectivity index (χ3v) is 1.90. The van der Waals surface area contributed by atoms with Crippen LogP contribution in [0.15, 0.2) is 18.2 Å². The number of hydrogen-bond acceptors (Lipinski definition) is 6. The zero-order chi connectivity index (χ0) is 12.8. The maximum atomic E-state index is 11.2. The zero-order valence-corrected chi connectivity index (χ0v) is 9.43. The van der Waals surface area contributed by atoms with Gasteiger partial charge in [0, 0.05) is 6.07 Å². The fraction of sp³-hybridized carbons (Fsp3) is 0.273. The molecule has 6 nitrogen and oxygen atoms in total. The summed E-state index contributed by atoms with van der Waals surface area (Å²) in [4.78, 5) is 22.1. The van der Waals surface area contributed by atoms with E-state index in [0.29, 0.717) is 0 Å². The number of esters is 2. The predicted octanol–water partition coefficient (Wildman–Crippen LogP) is 0.731. The number of aromatic hydroxyl groups is 1. The van der Waals surface area contributed by atoms with Gasteiger partial charge >= 0.3 is 11.9 Å². The van der Waals surface area contributed by atoms with Gasteiger partial charge in [-0.25, -0.2) is 9.59 Å².